The molecule has 1 fully saturated rings. The third-order valence-electron chi connectivity index (χ3n) is 4.21. The molecule has 140 valence electrons. The Morgan fingerprint density at radius 1 is 0.846 bits per heavy atom. The lowest BCUT2D eigenvalue weighted by atomic mass is 10.2. The van der Waals surface area contributed by atoms with Crippen LogP contribution in [-0.4, -0.2) is 65.5 Å². The first-order valence-corrected chi connectivity index (χ1v) is 11.8. The molecule has 0 N–H and O–H groups in total. The highest BCUT2D eigenvalue weighted by Crippen LogP contribution is 2.29. The Morgan fingerprint density at radius 2 is 1.42 bits per heavy atom. The molecule has 26 heavy (non-hydrogen) atoms. The smallest absolute Gasteiger partial charge is 0.225 e. The van der Waals surface area contributed by atoms with Crippen molar-refractivity contribution < 1.29 is 16.8 Å². The minimum Gasteiger partial charge on any atom is -0.367 e. The van der Waals surface area contributed by atoms with Gasteiger partial charge in [-0.3, -0.25) is 0 Å². The molecule has 1 aromatic heterocycles. The predicted octanol–water partition coefficient (Wildman–Crippen LogP) is 0.610. The maximum Gasteiger partial charge on any atom is 0.225 e. The summed E-state index contributed by atoms with van der Waals surface area (Å²) in [6.07, 6.45) is 5.51. The third-order valence-corrected chi connectivity index (χ3v) is 6.45. The Balaban J connectivity index is 1.88. The largest absolute Gasteiger partial charge is 0.367 e. The maximum atomic E-state index is 12.2. The number of hydrogen-bond acceptors (Lipinski definition) is 8. The van der Waals surface area contributed by atoms with Gasteiger partial charge in [0, 0.05) is 51.1 Å². The van der Waals surface area contributed by atoms with Crippen molar-refractivity contribution in [1.82, 2.24) is 9.97 Å². The molecular formula is C16H20N4O4S2. The summed E-state index contributed by atoms with van der Waals surface area (Å²) in [6.45, 7) is 2.44. The second kappa shape index (κ2) is 6.84. The van der Waals surface area contributed by atoms with E-state index in [9.17, 15) is 16.8 Å². The molecule has 0 radical (unpaired) electrons. The summed E-state index contributed by atoms with van der Waals surface area (Å²) in [7, 11) is -7.06. The van der Waals surface area contributed by atoms with Gasteiger partial charge in [-0.05, 0) is 24.3 Å². The lowest BCUT2D eigenvalue weighted by molar-refractivity contribution is 0.597. The third kappa shape index (κ3) is 3.96. The van der Waals surface area contributed by atoms with E-state index in [-0.39, 0.29) is 9.79 Å². The molecule has 0 aliphatic carbocycles. The molecule has 1 aliphatic rings. The molecule has 0 amide bonds. The van der Waals surface area contributed by atoms with E-state index in [1.807, 2.05) is 9.80 Å². The van der Waals surface area contributed by atoms with E-state index in [1.54, 1.807) is 24.5 Å². The van der Waals surface area contributed by atoms with E-state index in [4.69, 9.17) is 0 Å². The summed E-state index contributed by atoms with van der Waals surface area (Å²) >= 11 is 0. The number of hydrogen-bond donors (Lipinski definition) is 0. The van der Waals surface area contributed by atoms with Gasteiger partial charge in [-0.2, -0.15) is 0 Å². The molecule has 0 bridgehead atoms. The molecule has 0 saturated carbocycles. The summed E-state index contributed by atoms with van der Waals surface area (Å²) in [6, 6.07) is 6.02. The van der Waals surface area contributed by atoms with Crippen molar-refractivity contribution in [3.05, 3.63) is 36.7 Å². The normalized spacial score (nSPS) is 15.9. The molecular weight excluding hydrogens is 376 g/mol. The fourth-order valence-electron chi connectivity index (χ4n) is 2.89. The average Bonchev–Trinajstić information content (AvgIpc) is 2.61. The summed E-state index contributed by atoms with van der Waals surface area (Å²) in [5.74, 6) is 0.642. The van der Waals surface area contributed by atoms with Gasteiger partial charge in [0.1, 0.15) is 0 Å². The minimum absolute atomic E-state index is 0.00186. The van der Waals surface area contributed by atoms with Crippen LogP contribution in [0, 0.1) is 0 Å². The SMILES string of the molecule is CS(=O)(=O)c1ccc(N2CCN(c3ncccn3)CC2)c(S(C)(=O)=O)c1. The van der Waals surface area contributed by atoms with Crippen molar-refractivity contribution in [3.8, 4) is 0 Å². The Morgan fingerprint density at radius 3 is 1.96 bits per heavy atom. The van der Waals surface area contributed by atoms with Crippen molar-refractivity contribution >= 4 is 31.3 Å². The predicted molar refractivity (Wildman–Crippen MR) is 99.1 cm³/mol. The number of nitrogens with zero attached hydrogens (tertiary/aromatic N) is 4. The number of anilines is 2. The average molecular weight is 396 g/mol. The zero-order valence-electron chi connectivity index (χ0n) is 14.5. The fourth-order valence-corrected chi connectivity index (χ4v) is 4.53. The highest BCUT2D eigenvalue weighted by Gasteiger charge is 2.25. The summed E-state index contributed by atoms with van der Waals surface area (Å²) < 4.78 is 48.0. The fraction of sp³-hybridized carbons (Fsp3) is 0.375. The van der Waals surface area contributed by atoms with Crippen LogP contribution in [0.2, 0.25) is 0 Å². The number of aromatic nitrogens is 2. The van der Waals surface area contributed by atoms with Crippen molar-refractivity contribution in [2.45, 2.75) is 9.79 Å². The van der Waals surface area contributed by atoms with Gasteiger partial charge >= 0.3 is 0 Å². The van der Waals surface area contributed by atoms with E-state index < -0.39 is 19.7 Å². The van der Waals surface area contributed by atoms with E-state index in [2.05, 4.69) is 9.97 Å². The van der Waals surface area contributed by atoms with Gasteiger partial charge in [0.2, 0.25) is 5.95 Å². The summed E-state index contributed by atoms with van der Waals surface area (Å²) in [5.41, 5.74) is 0.522. The highest BCUT2D eigenvalue weighted by atomic mass is 32.2. The van der Waals surface area contributed by atoms with Gasteiger partial charge in [0.25, 0.3) is 0 Å². The standard InChI is InChI=1S/C16H20N4O4S2/c1-25(21,22)13-4-5-14(15(12-13)26(2,23)24)19-8-10-20(11-9-19)16-17-6-3-7-18-16/h3-7,12H,8-11H2,1-2H3. The first kappa shape index (κ1) is 18.6. The quantitative estimate of drug-likeness (QED) is 0.741. The van der Waals surface area contributed by atoms with E-state index in [0.717, 1.165) is 12.5 Å². The van der Waals surface area contributed by atoms with Gasteiger partial charge in [-0.15, -0.1) is 0 Å². The number of piperazine rings is 1. The molecule has 1 saturated heterocycles. The second-order valence-corrected chi connectivity index (χ2v) is 10.2. The lowest BCUT2D eigenvalue weighted by Gasteiger charge is -2.36. The van der Waals surface area contributed by atoms with Crippen LogP contribution in [0.1, 0.15) is 0 Å². The molecule has 0 atom stereocenters. The van der Waals surface area contributed by atoms with Crippen LogP contribution in [0.15, 0.2) is 46.5 Å². The first-order chi connectivity index (χ1) is 12.2. The Kier molecular flexibility index (Phi) is 4.89. The summed E-state index contributed by atoms with van der Waals surface area (Å²) in [5, 5.41) is 0. The van der Waals surface area contributed by atoms with Crippen molar-refractivity contribution in [1.29, 1.82) is 0 Å². The number of benzene rings is 1. The second-order valence-electron chi connectivity index (χ2n) is 6.20. The summed E-state index contributed by atoms with van der Waals surface area (Å²) in [4.78, 5) is 12.5. The van der Waals surface area contributed by atoms with Crippen molar-refractivity contribution in [2.75, 3.05) is 48.5 Å². The van der Waals surface area contributed by atoms with Crippen LogP contribution in [0.3, 0.4) is 0 Å². The molecule has 3 rings (SSSR count). The molecule has 1 aliphatic heterocycles. The van der Waals surface area contributed by atoms with Gasteiger partial charge in [-0.1, -0.05) is 0 Å². The molecule has 10 heteroatoms. The van der Waals surface area contributed by atoms with E-state index in [0.29, 0.717) is 37.8 Å². The monoisotopic (exact) mass is 396 g/mol. The van der Waals surface area contributed by atoms with Gasteiger partial charge < -0.3 is 9.80 Å². The van der Waals surface area contributed by atoms with Crippen molar-refractivity contribution in [3.63, 3.8) is 0 Å². The maximum absolute atomic E-state index is 12.2. The van der Waals surface area contributed by atoms with E-state index >= 15 is 0 Å². The Hall–Kier alpha value is -2.20. The highest BCUT2D eigenvalue weighted by molar-refractivity contribution is 7.91. The molecule has 0 unspecified atom stereocenters. The van der Waals surface area contributed by atoms with Crippen molar-refractivity contribution in [2.24, 2.45) is 0 Å². The molecule has 1 aromatic carbocycles. The van der Waals surface area contributed by atoms with Crippen LogP contribution in [0.25, 0.3) is 0 Å². The van der Waals surface area contributed by atoms with Crippen LogP contribution in [-0.2, 0) is 19.7 Å². The Labute approximate surface area is 153 Å². The lowest BCUT2D eigenvalue weighted by Crippen LogP contribution is -2.47. The molecule has 8 nitrogen and oxygen atoms in total. The topological polar surface area (TPSA) is 101 Å². The first-order valence-electron chi connectivity index (χ1n) is 7.97. The minimum atomic E-state index is -3.58. The van der Waals surface area contributed by atoms with Gasteiger partial charge in [-0.25, -0.2) is 26.8 Å². The van der Waals surface area contributed by atoms with Gasteiger partial charge in [0.05, 0.1) is 15.5 Å². The van der Waals surface area contributed by atoms with Crippen LogP contribution in [0.5, 0.6) is 0 Å². The zero-order chi connectivity index (χ0) is 18.9. The zero-order valence-corrected chi connectivity index (χ0v) is 16.2. The molecule has 2 heterocycles. The Bertz CT molecular complexity index is 1000. The van der Waals surface area contributed by atoms with Crippen LogP contribution in [0.4, 0.5) is 11.6 Å². The van der Waals surface area contributed by atoms with E-state index in [1.165, 1.54) is 12.1 Å². The molecule has 2 aromatic rings. The molecule has 0 spiro atoms. The van der Waals surface area contributed by atoms with Crippen LogP contribution >= 0.6 is 0 Å². The number of rotatable bonds is 4. The van der Waals surface area contributed by atoms with Crippen LogP contribution < -0.4 is 9.80 Å². The van der Waals surface area contributed by atoms with Gasteiger partial charge in [0.15, 0.2) is 19.7 Å². The number of sulfone groups is 2.